The van der Waals surface area contributed by atoms with E-state index in [-0.39, 0.29) is 36.4 Å². The number of rotatable bonds is 7. The van der Waals surface area contributed by atoms with Gasteiger partial charge >= 0.3 is 0 Å². The van der Waals surface area contributed by atoms with Gasteiger partial charge in [0, 0.05) is 50.7 Å². The maximum Gasteiger partial charge on any atom is 0.258 e. The van der Waals surface area contributed by atoms with Crippen LogP contribution < -0.4 is 15.0 Å². The third-order valence-corrected chi connectivity index (χ3v) is 8.59. The molecular weight excluding hydrogens is 547 g/mol. The van der Waals surface area contributed by atoms with E-state index in [0.717, 1.165) is 23.8 Å². The lowest BCUT2D eigenvalue weighted by molar-refractivity contribution is -0.127. The molecule has 3 fully saturated rings. The molecule has 2 saturated heterocycles. The molecule has 0 spiro atoms. The first-order valence-corrected chi connectivity index (χ1v) is 13.9. The van der Waals surface area contributed by atoms with Crippen LogP contribution in [0.1, 0.15) is 24.3 Å². The van der Waals surface area contributed by atoms with Gasteiger partial charge in [0.05, 0.1) is 22.9 Å². The number of hydrogen-bond donors (Lipinski definition) is 2. The molecule has 4 aromatic rings. The predicted molar refractivity (Wildman–Crippen MR) is 151 cm³/mol. The lowest BCUT2D eigenvalue weighted by atomic mass is 9.89. The smallest absolute Gasteiger partial charge is 0.258 e. The average molecular weight is 576 g/mol. The molecule has 2 aliphatic heterocycles. The van der Waals surface area contributed by atoms with Gasteiger partial charge in [0.15, 0.2) is 0 Å². The standard InChI is InChI=1S/C30H28F3N7O2/c1-2-26(41)39-9-6-17(7-10-39)20-13-35-28-27(20)29(37-16-36-28)38-24-4-3-18(11-23(24)31)42-19-5-8-34-25(12-19)40-14-21-22(15-40)30(21,32)33/h2-5,8,11-13,16-17,21-22H,1,6-7,9-10,14-15H2,(H2,35,36,37,38). The van der Waals surface area contributed by atoms with Gasteiger partial charge < -0.3 is 24.8 Å². The molecule has 1 aliphatic carbocycles. The summed E-state index contributed by atoms with van der Waals surface area (Å²) in [5.74, 6) is -2.47. The number of amides is 1. The number of aromatic nitrogens is 4. The number of aromatic amines is 1. The summed E-state index contributed by atoms with van der Waals surface area (Å²) >= 11 is 0. The highest BCUT2D eigenvalue weighted by atomic mass is 19.3. The molecule has 3 aromatic heterocycles. The molecule has 3 aliphatic rings. The maximum atomic E-state index is 15.3. The Bertz CT molecular complexity index is 1670. The molecule has 1 amide bonds. The molecule has 5 heterocycles. The number of pyridine rings is 1. The number of alkyl halides is 2. The number of fused-ring (bicyclic) bond motifs is 2. The normalized spacial score (nSPS) is 21.3. The zero-order valence-corrected chi connectivity index (χ0v) is 22.6. The van der Waals surface area contributed by atoms with Crippen molar-refractivity contribution < 1.29 is 22.7 Å². The van der Waals surface area contributed by atoms with Crippen molar-refractivity contribution in [3.05, 3.63) is 73.1 Å². The number of nitrogens with zero attached hydrogens (tertiary/aromatic N) is 5. The zero-order chi connectivity index (χ0) is 29.0. The van der Waals surface area contributed by atoms with Crippen LogP contribution in [0, 0.1) is 17.7 Å². The first-order chi connectivity index (χ1) is 20.3. The van der Waals surface area contributed by atoms with Gasteiger partial charge in [0.2, 0.25) is 5.91 Å². The number of piperidine rings is 2. The van der Waals surface area contributed by atoms with Crippen molar-refractivity contribution in [2.24, 2.45) is 11.8 Å². The van der Waals surface area contributed by atoms with Crippen molar-refractivity contribution >= 4 is 34.3 Å². The molecule has 216 valence electrons. The Kier molecular flexibility index (Phi) is 6.28. The van der Waals surface area contributed by atoms with Crippen LogP contribution in [0.2, 0.25) is 0 Å². The summed E-state index contributed by atoms with van der Waals surface area (Å²) in [5, 5.41) is 3.90. The lowest BCUT2D eigenvalue weighted by Gasteiger charge is -2.31. The van der Waals surface area contributed by atoms with Gasteiger partial charge in [-0.05, 0) is 48.6 Å². The number of carbonyl (C=O) groups excluding carboxylic acids is 1. The second kappa shape index (κ2) is 10.0. The third kappa shape index (κ3) is 4.60. The molecule has 7 rings (SSSR count). The quantitative estimate of drug-likeness (QED) is 0.276. The highest BCUT2D eigenvalue weighted by Crippen LogP contribution is 2.59. The lowest BCUT2D eigenvalue weighted by Crippen LogP contribution is -2.36. The monoisotopic (exact) mass is 575 g/mol. The predicted octanol–water partition coefficient (Wildman–Crippen LogP) is 5.62. The highest BCUT2D eigenvalue weighted by molar-refractivity contribution is 5.92. The molecule has 12 heteroatoms. The van der Waals surface area contributed by atoms with Crippen molar-refractivity contribution in [1.29, 1.82) is 0 Å². The molecule has 0 radical (unpaired) electrons. The van der Waals surface area contributed by atoms with Gasteiger partial charge in [-0.15, -0.1) is 0 Å². The fourth-order valence-corrected chi connectivity index (χ4v) is 6.20. The van der Waals surface area contributed by atoms with Crippen LogP contribution >= 0.6 is 0 Å². The van der Waals surface area contributed by atoms with Crippen molar-refractivity contribution in [2.75, 3.05) is 36.4 Å². The molecule has 2 unspecified atom stereocenters. The molecule has 2 atom stereocenters. The van der Waals surface area contributed by atoms with Crippen LogP contribution in [-0.4, -0.2) is 62.8 Å². The van der Waals surface area contributed by atoms with Crippen molar-refractivity contribution in [1.82, 2.24) is 24.8 Å². The Hall–Kier alpha value is -4.61. The molecule has 0 bridgehead atoms. The van der Waals surface area contributed by atoms with Gasteiger partial charge in [0.25, 0.3) is 5.92 Å². The van der Waals surface area contributed by atoms with E-state index in [9.17, 15) is 13.6 Å². The van der Waals surface area contributed by atoms with Gasteiger partial charge in [-0.3, -0.25) is 4.79 Å². The summed E-state index contributed by atoms with van der Waals surface area (Å²) in [4.78, 5) is 31.9. The minimum atomic E-state index is -2.57. The van der Waals surface area contributed by atoms with Gasteiger partial charge in [-0.1, -0.05) is 6.58 Å². The van der Waals surface area contributed by atoms with Crippen LogP contribution in [0.3, 0.4) is 0 Å². The van der Waals surface area contributed by atoms with Gasteiger partial charge in [0.1, 0.15) is 40.9 Å². The first-order valence-electron chi connectivity index (χ1n) is 13.9. The van der Waals surface area contributed by atoms with Gasteiger partial charge in [-0.2, -0.15) is 0 Å². The molecule has 1 aromatic carbocycles. The summed E-state index contributed by atoms with van der Waals surface area (Å²) in [6.07, 6.45) is 7.77. The van der Waals surface area contributed by atoms with Gasteiger partial charge in [-0.25, -0.2) is 28.1 Å². The molecule has 2 N–H and O–H groups in total. The van der Waals surface area contributed by atoms with E-state index >= 15 is 4.39 Å². The Morgan fingerprint density at radius 3 is 2.60 bits per heavy atom. The number of anilines is 3. The van der Waals surface area contributed by atoms with Crippen LogP contribution in [0.4, 0.5) is 30.5 Å². The van der Waals surface area contributed by atoms with E-state index in [1.807, 2.05) is 11.1 Å². The number of H-pyrrole nitrogens is 1. The fourth-order valence-electron chi connectivity index (χ4n) is 6.20. The minimum Gasteiger partial charge on any atom is -0.457 e. The van der Waals surface area contributed by atoms with E-state index < -0.39 is 23.6 Å². The molecular formula is C30H28F3N7O2. The second-order valence-corrected chi connectivity index (χ2v) is 11.0. The van der Waals surface area contributed by atoms with E-state index in [1.54, 1.807) is 35.4 Å². The van der Waals surface area contributed by atoms with E-state index in [2.05, 4.69) is 31.8 Å². The Morgan fingerprint density at radius 2 is 1.86 bits per heavy atom. The van der Waals surface area contributed by atoms with Crippen LogP contribution in [0.25, 0.3) is 11.0 Å². The summed E-state index contributed by atoms with van der Waals surface area (Å²) in [6.45, 7) is 5.35. The van der Waals surface area contributed by atoms with E-state index in [4.69, 9.17) is 4.74 Å². The summed E-state index contributed by atoms with van der Waals surface area (Å²) in [7, 11) is 0. The van der Waals surface area contributed by atoms with Crippen molar-refractivity contribution in [3.8, 4) is 11.5 Å². The average Bonchev–Trinajstić information content (AvgIpc) is 3.41. The summed E-state index contributed by atoms with van der Waals surface area (Å²) in [5.41, 5.74) is 1.88. The SMILES string of the molecule is C=CC(=O)N1CCC(c2c[nH]c3ncnc(Nc4ccc(Oc5ccnc(N6CC7C(C6)C7(F)F)c5)cc4F)c23)CC1. The first kappa shape index (κ1) is 26.3. The van der Waals surface area contributed by atoms with Crippen LogP contribution in [0.15, 0.2) is 61.7 Å². The maximum absolute atomic E-state index is 15.3. The van der Waals surface area contributed by atoms with Crippen molar-refractivity contribution in [3.63, 3.8) is 0 Å². The topological polar surface area (TPSA) is 99.3 Å². The largest absolute Gasteiger partial charge is 0.457 e. The minimum absolute atomic E-state index is 0.0689. The van der Waals surface area contributed by atoms with E-state index in [0.29, 0.717) is 36.1 Å². The molecule has 9 nitrogen and oxygen atoms in total. The van der Waals surface area contributed by atoms with Crippen LogP contribution in [-0.2, 0) is 4.79 Å². The molecule has 42 heavy (non-hydrogen) atoms. The number of halogens is 3. The molecule has 1 saturated carbocycles. The number of hydrogen-bond acceptors (Lipinski definition) is 7. The number of carbonyl (C=O) groups is 1. The number of likely N-dealkylation sites (tertiary alicyclic amines) is 1. The summed E-state index contributed by atoms with van der Waals surface area (Å²) < 4.78 is 48.3. The number of ether oxygens (including phenoxy) is 1. The highest BCUT2D eigenvalue weighted by Gasteiger charge is 2.71. The zero-order valence-electron chi connectivity index (χ0n) is 22.6. The Morgan fingerprint density at radius 1 is 1.10 bits per heavy atom. The number of nitrogens with one attached hydrogen (secondary N) is 2. The number of benzene rings is 1. The Labute approximate surface area is 239 Å². The van der Waals surface area contributed by atoms with E-state index in [1.165, 1.54) is 18.5 Å². The fraction of sp³-hybridized carbons (Fsp3) is 0.333. The second-order valence-electron chi connectivity index (χ2n) is 11.0. The Balaban J connectivity index is 1.06. The van der Waals surface area contributed by atoms with Crippen LogP contribution in [0.5, 0.6) is 11.5 Å². The summed E-state index contributed by atoms with van der Waals surface area (Å²) in [6, 6.07) is 7.80. The third-order valence-electron chi connectivity index (χ3n) is 8.59. The van der Waals surface area contributed by atoms with Crippen molar-refractivity contribution in [2.45, 2.75) is 24.7 Å².